The van der Waals surface area contributed by atoms with Crippen LogP contribution in [0, 0.1) is 0 Å². The Morgan fingerprint density at radius 1 is 0.941 bits per heavy atom. The monoisotopic (exact) mass is 285 g/mol. The van der Waals surface area contributed by atoms with Crippen LogP contribution in [0.15, 0.2) is 0 Å². The second kappa shape index (κ2) is 11.5. The molecule has 0 aliphatic rings. The second-order valence-corrected chi connectivity index (χ2v) is 5.05. The third-order valence-electron chi connectivity index (χ3n) is 2.62. The Bertz CT molecular complexity index is 161. The summed E-state index contributed by atoms with van der Waals surface area (Å²) in [7, 11) is 0. The van der Waals surface area contributed by atoms with Crippen molar-refractivity contribution in [1.82, 2.24) is 4.90 Å². The van der Waals surface area contributed by atoms with Crippen molar-refractivity contribution in [2.75, 3.05) is 31.4 Å². The molecule has 0 amide bonds. The third kappa shape index (κ3) is 10.1. The molecular formula is C12H25Cl2NO2. The first-order valence-corrected chi connectivity index (χ1v) is 7.41. The van der Waals surface area contributed by atoms with Gasteiger partial charge < -0.3 is 10.2 Å². The lowest BCUT2D eigenvalue weighted by Gasteiger charge is -2.26. The highest BCUT2D eigenvalue weighted by atomic mass is 35.5. The summed E-state index contributed by atoms with van der Waals surface area (Å²) in [6, 6.07) is 0. The van der Waals surface area contributed by atoms with Crippen LogP contribution < -0.4 is 0 Å². The summed E-state index contributed by atoms with van der Waals surface area (Å²) in [5.41, 5.74) is 0. The topological polar surface area (TPSA) is 43.7 Å². The summed E-state index contributed by atoms with van der Waals surface area (Å²) in [5, 5.41) is 19.1. The van der Waals surface area contributed by atoms with E-state index in [0.29, 0.717) is 13.1 Å². The predicted molar refractivity (Wildman–Crippen MR) is 74.0 cm³/mol. The molecule has 0 saturated carbocycles. The lowest BCUT2D eigenvalue weighted by molar-refractivity contribution is 0.0850. The molecule has 5 heteroatoms. The van der Waals surface area contributed by atoms with Gasteiger partial charge in [-0.25, -0.2) is 0 Å². The average Bonchev–Trinajstić information content (AvgIpc) is 2.33. The van der Waals surface area contributed by atoms with Crippen molar-refractivity contribution in [3.63, 3.8) is 0 Å². The van der Waals surface area contributed by atoms with Crippen LogP contribution in [0.4, 0.5) is 0 Å². The summed E-state index contributed by atoms with van der Waals surface area (Å²) in [6.07, 6.45) is 3.62. The van der Waals surface area contributed by atoms with E-state index < -0.39 is 12.2 Å². The number of aliphatic hydroxyl groups excluding tert-OH is 2. The maximum absolute atomic E-state index is 9.53. The molecule has 0 aromatic heterocycles. The van der Waals surface area contributed by atoms with Crippen LogP contribution in [0.25, 0.3) is 0 Å². The molecule has 0 aliphatic heterocycles. The van der Waals surface area contributed by atoms with Gasteiger partial charge >= 0.3 is 0 Å². The number of hydrogen-bond acceptors (Lipinski definition) is 3. The van der Waals surface area contributed by atoms with Gasteiger partial charge in [0.05, 0.1) is 12.2 Å². The van der Waals surface area contributed by atoms with E-state index in [-0.39, 0.29) is 11.8 Å². The molecule has 0 aromatic rings. The molecule has 0 aliphatic carbocycles. The number of hydrogen-bond donors (Lipinski definition) is 2. The first-order valence-electron chi connectivity index (χ1n) is 6.34. The molecule has 0 heterocycles. The summed E-state index contributed by atoms with van der Waals surface area (Å²) in [6.45, 7) is 4.06. The van der Waals surface area contributed by atoms with E-state index in [1.54, 1.807) is 0 Å². The minimum absolute atomic E-state index is 0.225. The van der Waals surface area contributed by atoms with E-state index in [1.807, 2.05) is 4.90 Å². The number of nitrogens with zero attached hydrogens (tertiary/aromatic N) is 1. The number of rotatable bonds is 11. The highest BCUT2D eigenvalue weighted by Gasteiger charge is 2.14. The summed E-state index contributed by atoms with van der Waals surface area (Å²) in [4.78, 5) is 2.04. The highest BCUT2D eigenvalue weighted by Crippen LogP contribution is 2.04. The molecule has 0 radical (unpaired) electrons. The van der Waals surface area contributed by atoms with E-state index >= 15 is 0 Å². The Morgan fingerprint density at radius 3 is 1.88 bits per heavy atom. The fourth-order valence-corrected chi connectivity index (χ4v) is 1.91. The van der Waals surface area contributed by atoms with Crippen molar-refractivity contribution in [2.45, 2.75) is 44.8 Å². The predicted octanol–water partition coefficient (Wildman–Crippen LogP) is 2.07. The standard InChI is InChI=1S/C12H25Cl2NO2/c1-2-3-4-5-6-15(9-11(16)7-13)10-12(17)8-14/h11-12,16-17H,2-10H2,1H3. The fraction of sp³-hybridized carbons (Fsp3) is 1.00. The van der Waals surface area contributed by atoms with Gasteiger partial charge in [0.25, 0.3) is 0 Å². The second-order valence-electron chi connectivity index (χ2n) is 4.44. The maximum Gasteiger partial charge on any atom is 0.0802 e. The SMILES string of the molecule is CCCCCCN(CC(O)CCl)CC(O)CCl. The highest BCUT2D eigenvalue weighted by molar-refractivity contribution is 6.18. The molecule has 0 bridgehead atoms. The van der Waals surface area contributed by atoms with Crippen molar-refractivity contribution in [3.8, 4) is 0 Å². The van der Waals surface area contributed by atoms with Crippen molar-refractivity contribution in [2.24, 2.45) is 0 Å². The molecule has 2 N–H and O–H groups in total. The lowest BCUT2D eigenvalue weighted by Crippen LogP contribution is -2.39. The van der Waals surface area contributed by atoms with Gasteiger partial charge in [0.2, 0.25) is 0 Å². The van der Waals surface area contributed by atoms with Crippen LogP contribution in [0.5, 0.6) is 0 Å². The van der Waals surface area contributed by atoms with Crippen LogP contribution >= 0.6 is 23.2 Å². The maximum atomic E-state index is 9.53. The number of alkyl halides is 2. The van der Waals surface area contributed by atoms with Crippen LogP contribution in [0.3, 0.4) is 0 Å². The third-order valence-corrected chi connectivity index (χ3v) is 3.33. The largest absolute Gasteiger partial charge is 0.391 e. The van der Waals surface area contributed by atoms with Gasteiger partial charge in [-0.2, -0.15) is 0 Å². The molecule has 17 heavy (non-hydrogen) atoms. The first-order chi connectivity index (χ1) is 8.13. The van der Waals surface area contributed by atoms with Crippen LogP contribution in [0.2, 0.25) is 0 Å². The Labute approximate surface area is 115 Å². The smallest absolute Gasteiger partial charge is 0.0802 e. The molecule has 0 spiro atoms. The zero-order valence-electron chi connectivity index (χ0n) is 10.6. The fourth-order valence-electron chi connectivity index (χ4n) is 1.71. The number of halogens is 2. The van der Waals surface area contributed by atoms with Crippen LogP contribution in [0.1, 0.15) is 32.6 Å². The molecular weight excluding hydrogens is 261 g/mol. The number of unbranched alkanes of at least 4 members (excludes halogenated alkanes) is 3. The van der Waals surface area contributed by atoms with Gasteiger partial charge in [-0.3, -0.25) is 4.90 Å². The van der Waals surface area contributed by atoms with Gasteiger partial charge in [0, 0.05) is 24.8 Å². The van der Waals surface area contributed by atoms with E-state index in [0.717, 1.165) is 13.0 Å². The zero-order chi connectivity index (χ0) is 13.1. The quantitative estimate of drug-likeness (QED) is 0.451. The first kappa shape index (κ1) is 17.5. The van der Waals surface area contributed by atoms with E-state index in [9.17, 15) is 10.2 Å². The Kier molecular flexibility index (Phi) is 11.9. The van der Waals surface area contributed by atoms with Crippen LogP contribution in [-0.4, -0.2) is 58.7 Å². The van der Waals surface area contributed by atoms with E-state index in [1.165, 1.54) is 19.3 Å². The molecule has 0 rings (SSSR count). The molecule has 0 aromatic carbocycles. The van der Waals surface area contributed by atoms with Gasteiger partial charge in [0.1, 0.15) is 0 Å². The Balaban J connectivity index is 3.92. The molecule has 3 nitrogen and oxygen atoms in total. The number of aliphatic hydroxyl groups is 2. The van der Waals surface area contributed by atoms with E-state index in [2.05, 4.69) is 6.92 Å². The lowest BCUT2D eigenvalue weighted by atomic mass is 10.2. The van der Waals surface area contributed by atoms with Gasteiger partial charge in [0.15, 0.2) is 0 Å². The van der Waals surface area contributed by atoms with Gasteiger partial charge in [-0.1, -0.05) is 26.2 Å². The van der Waals surface area contributed by atoms with Crippen molar-refractivity contribution < 1.29 is 10.2 Å². The van der Waals surface area contributed by atoms with Crippen LogP contribution in [-0.2, 0) is 0 Å². The Hall–Kier alpha value is 0.460. The molecule has 104 valence electrons. The van der Waals surface area contributed by atoms with Crippen molar-refractivity contribution in [3.05, 3.63) is 0 Å². The van der Waals surface area contributed by atoms with Gasteiger partial charge in [-0.15, -0.1) is 23.2 Å². The Morgan fingerprint density at radius 2 is 1.47 bits per heavy atom. The molecule has 0 fully saturated rings. The summed E-state index contributed by atoms with van der Waals surface area (Å²) >= 11 is 11.2. The van der Waals surface area contributed by atoms with Gasteiger partial charge in [-0.05, 0) is 13.0 Å². The van der Waals surface area contributed by atoms with Crippen molar-refractivity contribution in [1.29, 1.82) is 0 Å². The van der Waals surface area contributed by atoms with E-state index in [4.69, 9.17) is 23.2 Å². The minimum atomic E-state index is -0.537. The molecule has 2 atom stereocenters. The molecule has 2 unspecified atom stereocenters. The summed E-state index contributed by atoms with van der Waals surface area (Å²) < 4.78 is 0. The zero-order valence-corrected chi connectivity index (χ0v) is 12.1. The normalized spacial score (nSPS) is 15.2. The minimum Gasteiger partial charge on any atom is -0.391 e. The molecule has 0 saturated heterocycles. The average molecular weight is 286 g/mol. The van der Waals surface area contributed by atoms with Crippen molar-refractivity contribution >= 4 is 23.2 Å². The summed E-state index contributed by atoms with van der Waals surface area (Å²) in [5.74, 6) is 0.449.